The highest BCUT2D eigenvalue weighted by Crippen LogP contribution is 2.16. The van der Waals surface area contributed by atoms with Gasteiger partial charge in [-0.25, -0.2) is 4.98 Å². The molecule has 1 atom stereocenters. The lowest BCUT2D eigenvalue weighted by Gasteiger charge is -2.06. The number of Topliss-reactive ketones (excluding diaryl/α,β-unsaturated/α-hetero) is 1. The fourth-order valence-corrected chi connectivity index (χ4v) is 1.58. The average Bonchev–Trinajstić information content (AvgIpc) is 2.65. The first kappa shape index (κ1) is 11.8. The van der Waals surface area contributed by atoms with Gasteiger partial charge >= 0.3 is 0 Å². The summed E-state index contributed by atoms with van der Waals surface area (Å²) in [6, 6.07) is 0. The van der Waals surface area contributed by atoms with Crippen LogP contribution in [0.2, 0.25) is 0 Å². The minimum atomic E-state index is -0.255. The molecule has 82 valence electrons. The Balaban J connectivity index is 2.65. The summed E-state index contributed by atoms with van der Waals surface area (Å²) in [4.78, 5) is 26.3. The smallest absolute Gasteiger partial charge is 0.230 e. The highest BCUT2D eigenvalue weighted by Gasteiger charge is 2.13. The van der Waals surface area contributed by atoms with Crippen LogP contribution in [0.25, 0.3) is 0 Å². The minimum Gasteiger partial charge on any atom is -0.330 e. The van der Waals surface area contributed by atoms with Crippen LogP contribution in [0.15, 0.2) is 5.38 Å². The van der Waals surface area contributed by atoms with Crippen molar-refractivity contribution in [1.82, 2.24) is 4.98 Å². The Kier molecular flexibility index (Phi) is 3.93. The van der Waals surface area contributed by atoms with Crippen LogP contribution >= 0.6 is 11.3 Å². The van der Waals surface area contributed by atoms with Gasteiger partial charge in [0.25, 0.3) is 0 Å². The van der Waals surface area contributed by atoms with E-state index in [1.54, 1.807) is 12.3 Å². The number of carbonyl (C=O) groups excluding carboxylic acids is 2. The Hall–Kier alpha value is -1.27. The molecule has 15 heavy (non-hydrogen) atoms. The van der Waals surface area contributed by atoms with Crippen molar-refractivity contribution in [1.29, 1.82) is 0 Å². The van der Waals surface area contributed by atoms with E-state index in [0.29, 0.717) is 10.8 Å². The number of amides is 1. The maximum absolute atomic E-state index is 11.4. The summed E-state index contributed by atoms with van der Waals surface area (Å²) in [5.74, 6) is -0.546. The van der Waals surface area contributed by atoms with Crippen LogP contribution in [0.4, 0.5) is 5.13 Å². The molecule has 6 heteroatoms. The Morgan fingerprint density at radius 2 is 2.33 bits per heavy atom. The van der Waals surface area contributed by atoms with E-state index in [2.05, 4.69) is 10.3 Å². The second-order valence-electron chi connectivity index (χ2n) is 3.22. The maximum Gasteiger partial charge on any atom is 0.230 e. The number of nitrogens with two attached hydrogens (primary N) is 1. The number of thiazole rings is 1. The van der Waals surface area contributed by atoms with E-state index in [4.69, 9.17) is 5.73 Å². The fraction of sp³-hybridized carbons (Fsp3) is 0.444. The van der Waals surface area contributed by atoms with Gasteiger partial charge in [0.1, 0.15) is 5.69 Å². The lowest BCUT2D eigenvalue weighted by atomic mass is 10.2. The number of rotatable bonds is 4. The molecule has 0 radical (unpaired) electrons. The molecule has 0 fully saturated rings. The van der Waals surface area contributed by atoms with Gasteiger partial charge in [-0.05, 0) is 0 Å². The first-order valence-electron chi connectivity index (χ1n) is 4.52. The number of hydrogen-bond donors (Lipinski definition) is 2. The molecule has 1 heterocycles. The molecule has 1 aromatic heterocycles. The van der Waals surface area contributed by atoms with E-state index < -0.39 is 0 Å². The maximum atomic E-state index is 11.4. The van der Waals surface area contributed by atoms with Crippen molar-refractivity contribution in [3.63, 3.8) is 0 Å². The standard InChI is InChI=1S/C9H13N3O2S/c1-5(3-10)8(14)12-9-11-7(4-15-9)6(2)13/h4-5H,3,10H2,1-2H3,(H,11,12,14)/t5-/m0/s1. The van der Waals surface area contributed by atoms with Gasteiger partial charge in [0.2, 0.25) is 5.91 Å². The van der Waals surface area contributed by atoms with Gasteiger partial charge in [-0.3, -0.25) is 9.59 Å². The van der Waals surface area contributed by atoms with Gasteiger partial charge in [-0.2, -0.15) is 0 Å². The van der Waals surface area contributed by atoms with Gasteiger partial charge in [0.15, 0.2) is 10.9 Å². The predicted octanol–water partition coefficient (Wildman–Crippen LogP) is 0.879. The largest absolute Gasteiger partial charge is 0.330 e. The lowest BCUT2D eigenvalue weighted by Crippen LogP contribution is -2.26. The second-order valence-corrected chi connectivity index (χ2v) is 4.08. The lowest BCUT2D eigenvalue weighted by molar-refractivity contribution is -0.119. The number of aromatic nitrogens is 1. The van der Waals surface area contributed by atoms with Gasteiger partial charge in [0.05, 0.1) is 0 Å². The van der Waals surface area contributed by atoms with E-state index in [0.717, 1.165) is 0 Å². The summed E-state index contributed by atoms with van der Waals surface area (Å²) in [6.45, 7) is 3.45. The molecule has 0 aliphatic rings. The third-order valence-corrected chi connectivity index (χ3v) is 2.65. The molecule has 5 nitrogen and oxygen atoms in total. The zero-order valence-corrected chi connectivity index (χ0v) is 9.43. The van der Waals surface area contributed by atoms with Crippen molar-refractivity contribution in [3.05, 3.63) is 11.1 Å². The Morgan fingerprint density at radius 3 is 2.80 bits per heavy atom. The molecule has 1 rings (SSSR count). The van der Waals surface area contributed by atoms with Crippen molar-refractivity contribution in [3.8, 4) is 0 Å². The number of anilines is 1. The molecular formula is C9H13N3O2S. The molecular weight excluding hydrogens is 214 g/mol. The summed E-state index contributed by atoms with van der Waals surface area (Å²) in [5.41, 5.74) is 5.72. The molecule has 0 saturated heterocycles. The number of ketones is 1. The Bertz CT molecular complexity index is 375. The molecule has 0 aliphatic carbocycles. The van der Waals surface area contributed by atoms with Crippen molar-refractivity contribution in [2.45, 2.75) is 13.8 Å². The third kappa shape index (κ3) is 3.10. The Labute approximate surface area is 91.7 Å². The number of nitrogens with zero attached hydrogens (tertiary/aromatic N) is 1. The van der Waals surface area contributed by atoms with Gasteiger partial charge < -0.3 is 11.1 Å². The molecule has 0 unspecified atom stereocenters. The quantitative estimate of drug-likeness (QED) is 0.748. The van der Waals surface area contributed by atoms with Crippen LogP contribution in [0, 0.1) is 5.92 Å². The van der Waals surface area contributed by atoms with Crippen LogP contribution in [-0.2, 0) is 4.79 Å². The van der Waals surface area contributed by atoms with E-state index in [9.17, 15) is 9.59 Å². The summed E-state index contributed by atoms with van der Waals surface area (Å²) in [5, 5.41) is 4.66. The zero-order chi connectivity index (χ0) is 11.4. The number of carbonyl (C=O) groups is 2. The molecule has 1 aromatic rings. The van der Waals surface area contributed by atoms with Gasteiger partial charge in [-0.1, -0.05) is 6.92 Å². The first-order valence-corrected chi connectivity index (χ1v) is 5.40. The summed E-state index contributed by atoms with van der Waals surface area (Å²) in [6.07, 6.45) is 0. The normalized spacial score (nSPS) is 12.2. The van der Waals surface area contributed by atoms with Crippen LogP contribution < -0.4 is 11.1 Å². The number of hydrogen-bond acceptors (Lipinski definition) is 5. The summed E-state index contributed by atoms with van der Waals surface area (Å²) in [7, 11) is 0. The highest BCUT2D eigenvalue weighted by molar-refractivity contribution is 7.14. The predicted molar refractivity (Wildman–Crippen MR) is 59.0 cm³/mol. The Morgan fingerprint density at radius 1 is 1.67 bits per heavy atom. The van der Waals surface area contributed by atoms with Gasteiger partial charge in [-0.15, -0.1) is 11.3 Å². The first-order chi connectivity index (χ1) is 7.04. The summed E-state index contributed by atoms with van der Waals surface area (Å²) >= 11 is 1.23. The number of nitrogens with one attached hydrogen (secondary N) is 1. The van der Waals surface area contributed by atoms with Crippen LogP contribution in [-0.4, -0.2) is 23.2 Å². The molecule has 1 amide bonds. The molecule has 0 aliphatic heterocycles. The van der Waals surface area contributed by atoms with E-state index in [-0.39, 0.29) is 24.2 Å². The molecule has 0 spiro atoms. The molecule has 0 bridgehead atoms. The summed E-state index contributed by atoms with van der Waals surface area (Å²) < 4.78 is 0. The topological polar surface area (TPSA) is 85.1 Å². The highest BCUT2D eigenvalue weighted by atomic mass is 32.1. The van der Waals surface area contributed by atoms with E-state index in [1.165, 1.54) is 18.3 Å². The van der Waals surface area contributed by atoms with Crippen molar-refractivity contribution in [2.24, 2.45) is 11.7 Å². The second kappa shape index (κ2) is 4.99. The molecule has 0 saturated carbocycles. The fourth-order valence-electron chi connectivity index (χ4n) is 0.828. The van der Waals surface area contributed by atoms with E-state index in [1.807, 2.05) is 0 Å². The van der Waals surface area contributed by atoms with Crippen molar-refractivity contribution >= 4 is 28.2 Å². The molecule has 3 N–H and O–H groups in total. The van der Waals surface area contributed by atoms with E-state index >= 15 is 0 Å². The minimum absolute atomic E-state index is 0.112. The SMILES string of the molecule is CC(=O)c1csc(NC(=O)[C@@H](C)CN)n1. The van der Waals surface area contributed by atoms with Gasteiger partial charge in [0, 0.05) is 24.8 Å². The van der Waals surface area contributed by atoms with Crippen molar-refractivity contribution < 1.29 is 9.59 Å². The average molecular weight is 227 g/mol. The monoisotopic (exact) mass is 227 g/mol. The zero-order valence-electron chi connectivity index (χ0n) is 8.61. The van der Waals surface area contributed by atoms with Crippen LogP contribution in [0.1, 0.15) is 24.3 Å². The van der Waals surface area contributed by atoms with Crippen molar-refractivity contribution in [2.75, 3.05) is 11.9 Å². The third-order valence-electron chi connectivity index (χ3n) is 1.90. The van der Waals surface area contributed by atoms with Crippen LogP contribution in [0.3, 0.4) is 0 Å². The molecule has 0 aromatic carbocycles. The van der Waals surface area contributed by atoms with Crippen LogP contribution in [0.5, 0.6) is 0 Å².